The Kier molecular flexibility index (Phi) is 3.91. The normalized spacial score (nSPS) is 10.3. The van der Waals surface area contributed by atoms with Crippen LogP contribution in [0.5, 0.6) is 0 Å². The summed E-state index contributed by atoms with van der Waals surface area (Å²) >= 11 is 0. The van der Waals surface area contributed by atoms with Crippen molar-refractivity contribution < 1.29 is 4.39 Å². The van der Waals surface area contributed by atoms with Crippen molar-refractivity contribution in [1.29, 1.82) is 0 Å². The van der Waals surface area contributed by atoms with Crippen molar-refractivity contribution in [2.45, 2.75) is 6.92 Å². The van der Waals surface area contributed by atoms with Gasteiger partial charge >= 0.3 is 0 Å². The molecule has 3 rings (SSSR count). The standard InChI is InChI=1S/C16H14FN5/c1-11-6-2-4-8-13(11)19-15-10-18-22-16(21-15)20-14-9-5-3-7-12(14)17/h2-10H,1H3,(H2,19,20,21,22). The SMILES string of the molecule is Cc1ccccc1Nc1cnnc(Nc2ccccc2F)n1. The van der Waals surface area contributed by atoms with Gasteiger partial charge in [0.15, 0.2) is 5.82 Å². The number of aromatic nitrogens is 3. The summed E-state index contributed by atoms with van der Waals surface area (Å²) in [6, 6.07) is 14.2. The number of hydrogen-bond donors (Lipinski definition) is 2. The number of para-hydroxylation sites is 2. The van der Waals surface area contributed by atoms with Gasteiger partial charge in [-0.25, -0.2) is 4.39 Å². The minimum Gasteiger partial charge on any atom is -0.339 e. The summed E-state index contributed by atoms with van der Waals surface area (Å²) < 4.78 is 13.6. The molecule has 0 spiro atoms. The van der Waals surface area contributed by atoms with Gasteiger partial charge in [-0.2, -0.15) is 10.1 Å². The van der Waals surface area contributed by atoms with Crippen LogP contribution in [0.15, 0.2) is 54.7 Å². The predicted octanol–water partition coefficient (Wildman–Crippen LogP) is 3.81. The van der Waals surface area contributed by atoms with Crippen molar-refractivity contribution in [3.63, 3.8) is 0 Å². The number of nitrogens with one attached hydrogen (secondary N) is 2. The first-order valence-corrected chi connectivity index (χ1v) is 6.76. The molecule has 0 radical (unpaired) electrons. The number of benzene rings is 2. The molecule has 5 nitrogen and oxygen atoms in total. The van der Waals surface area contributed by atoms with Crippen LogP contribution >= 0.6 is 0 Å². The topological polar surface area (TPSA) is 62.7 Å². The van der Waals surface area contributed by atoms with E-state index in [4.69, 9.17) is 0 Å². The van der Waals surface area contributed by atoms with Crippen LogP contribution in [0.3, 0.4) is 0 Å². The van der Waals surface area contributed by atoms with E-state index in [0.717, 1.165) is 11.3 Å². The van der Waals surface area contributed by atoms with Gasteiger partial charge in [0.05, 0.1) is 11.9 Å². The first kappa shape index (κ1) is 13.9. The highest BCUT2D eigenvalue weighted by Gasteiger charge is 2.05. The number of rotatable bonds is 4. The van der Waals surface area contributed by atoms with Gasteiger partial charge in [0.25, 0.3) is 0 Å². The van der Waals surface area contributed by atoms with E-state index in [9.17, 15) is 4.39 Å². The van der Waals surface area contributed by atoms with Gasteiger partial charge in [0.1, 0.15) is 5.82 Å². The summed E-state index contributed by atoms with van der Waals surface area (Å²) in [6.07, 6.45) is 1.51. The lowest BCUT2D eigenvalue weighted by molar-refractivity contribution is 0.631. The van der Waals surface area contributed by atoms with Crippen molar-refractivity contribution in [2.75, 3.05) is 10.6 Å². The first-order chi connectivity index (χ1) is 10.7. The lowest BCUT2D eigenvalue weighted by Crippen LogP contribution is -2.03. The van der Waals surface area contributed by atoms with Crippen LogP contribution in [-0.4, -0.2) is 15.2 Å². The van der Waals surface area contributed by atoms with E-state index in [0.29, 0.717) is 11.5 Å². The molecule has 110 valence electrons. The van der Waals surface area contributed by atoms with Crippen molar-refractivity contribution in [3.8, 4) is 0 Å². The average Bonchev–Trinajstić information content (AvgIpc) is 2.52. The Bertz CT molecular complexity index is 728. The highest BCUT2D eigenvalue weighted by atomic mass is 19.1. The second-order valence-corrected chi connectivity index (χ2v) is 4.71. The minimum absolute atomic E-state index is 0.226. The predicted molar refractivity (Wildman–Crippen MR) is 84.0 cm³/mol. The quantitative estimate of drug-likeness (QED) is 0.766. The number of nitrogens with zero attached hydrogens (tertiary/aromatic N) is 3. The highest BCUT2D eigenvalue weighted by molar-refractivity contribution is 5.61. The molecular weight excluding hydrogens is 281 g/mol. The van der Waals surface area contributed by atoms with Crippen LogP contribution in [0.2, 0.25) is 0 Å². The number of aryl methyl sites for hydroxylation is 1. The van der Waals surface area contributed by atoms with Crippen molar-refractivity contribution >= 4 is 23.1 Å². The Morgan fingerprint density at radius 3 is 2.41 bits per heavy atom. The Balaban J connectivity index is 1.81. The fourth-order valence-electron chi connectivity index (χ4n) is 1.95. The third kappa shape index (κ3) is 3.17. The van der Waals surface area contributed by atoms with Gasteiger partial charge in [0.2, 0.25) is 5.95 Å². The van der Waals surface area contributed by atoms with Crippen LogP contribution in [0, 0.1) is 12.7 Å². The fraction of sp³-hybridized carbons (Fsp3) is 0.0625. The van der Waals surface area contributed by atoms with Crippen LogP contribution in [0.4, 0.5) is 27.5 Å². The van der Waals surface area contributed by atoms with Crippen LogP contribution in [0.25, 0.3) is 0 Å². The molecule has 0 saturated heterocycles. The summed E-state index contributed by atoms with van der Waals surface area (Å²) in [4.78, 5) is 4.28. The van der Waals surface area contributed by atoms with E-state index in [2.05, 4.69) is 25.8 Å². The summed E-state index contributed by atoms with van der Waals surface area (Å²) in [5, 5.41) is 13.7. The molecule has 2 N–H and O–H groups in total. The molecule has 6 heteroatoms. The van der Waals surface area contributed by atoms with E-state index in [1.165, 1.54) is 12.3 Å². The third-order valence-electron chi connectivity index (χ3n) is 3.09. The molecule has 0 saturated carbocycles. The lowest BCUT2D eigenvalue weighted by Gasteiger charge is -2.09. The molecule has 0 amide bonds. The largest absolute Gasteiger partial charge is 0.339 e. The molecule has 0 fully saturated rings. The molecule has 0 aliphatic carbocycles. The van der Waals surface area contributed by atoms with Crippen LogP contribution in [-0.2, 0) is 0 Å². The van der Waals surface area contributed by atoms with Crippen molar-refractivity contribution in [2.24, 2.45) is 0 Å². The zero-order valence-electron chi connectivity index (χ0n) is 11.9. The van der Waals surface area contributed by atoms with Gasteiger partial charge < -0.3 is 10.6 Å². The molecule has 2 aromatic carbocycles. The molecule has 0 unspecified atom stereocenters. The maximum atomic E-state index is 13.6. The van der Waals surface area contributed by atoms with Crippen molar-refractivity contribution in [1.82, 2.24) is 15.2 Å². The summed E-state index contributed by atoms with van der Waals surface area (Å²) in [7, 11) is 0. The summed E-state index contributed by atoms with van der Waals surface area (Å²) in [5.74, 6) is 0.384. The zero-order valence-corrected chi connectivity index (χ0v) is 11.9. The van der Waals surface area contributed by atoms with E-state index in [1.807, 2.05) is 31.2 Å². The van der Waals surface area contributed by atoms with Crippen LogP contribution < -0.4 is 10.6 Å². The van der Waals surface area contributed by atoms with Crippen molar-refractivity contribution in [3.05, 3.63) is 66.1 Å². The van der Waals surface area contributed by atoms with Crippen LogP contribution in [0.1, 0.15) is 5.56 Å². The van der Waals surface area contributed by atoms with E-state index >= 15 is 0 Å². The molecular formula is C16H14FN5. The lowest BCUT2D eigenvalue weighted by atomic mass is 10.2. The Labute approximate surface area is 127 Å². The van der Waals surface area contributed by atoms with Gasteiger partial charge in [-0.05, 0) is 30.7 Å². The van der Waals surface area contributed by atoms with Gasteiger partial charge in [-0.3, -0.25) is 0 Å². The molecule has 0 bridgehead atoms. The molecule has 0 aliphatic rings. The molecule has 1 aromatic heterocycles. The van der Waals surface area contributed by atoms with E-state index in [-0.39, 0.29) is 11.8 Å². The van der Waals surface area contributed by atoms with E-state index < -0.39 is 0 Å². The Hall–Kier alpha value is -3.02. The number of halogens is 1. The summed E-state index contributed by atoms with van der Waals surface area (Å²) in [6.45, 7) is 2.00. The minimum atomic E-state index is -0.372. The Morgan fingerprint density at radius 1 is 0.909 bits per heavy atom. The highest BCUT2D eigenvalue weighted by Crippen LogP contribution is 2.20. The zero-order chi connectivity index (χ0) is 15.4. The second kappa shape index (κ2) is 6.17. The molecule has 0 aliphatic heterocycles. The van der Waals surface area contributed by atoms with Gasteiger partial charge in [0, 0.05) is 5.69 Å². The third-order valence-corrected chi connectivity index (χ3v) is 3.09. The second-order valence-electron chi connectivity index (χ2n) is 4.71. The maximum absolute atomic E-state index is 13.6. The molecule has 22 heavy (non-hydrogen) atoms. The average molecular weight is 295 g/mol. The Morgan fingerprint density at radius 2 is 1.64 bits per heavy atom. The summed E-state index contributed by atoms with van der Waals surface area (Å²) in [5.41, 5.74) is 2.32. The maximum Gasteiger partial charge on any atom is 0.249 e. The van der Waals surface area contributed by atoms with Gasteiger partial charge in [-0.1, -0.05) is 30.3 Å². The molecule has 0 atom stereocenters. The fourth-order valence-corrected chi connectivity index (χ4v) is 1.95. The molecule has 3 aromatic rings. The van der Waals surface area contributed by atoms with E-state index in [1.54, 1.807) is 18.2 Å². The number of anilines is 4. The smallest absolute Gasteiger partial charge is 0.249 e. The monoisotopic (exact) mass is 295 g/mol. The van der Waals surface area contributed by atoms with Gasteiger partial charge in [-0.15, -0.1) is 5.10 Å². The molecule has 1 heterocycles. The number of hydrogen-bond acceptors (Lipinski definition) is 5. The first-order valence-electron chi connectivity index (χ1n) is 6.76.